The fourth-order valence-electron chi connectivity index (χ4n) is 4.58. The zero-order chi connectivity index (χ0) is 30.5. The van der Waals surface area contributed by atoms with E-state index in [2.05, 4.69) is 29.6 Å². The van der Waals surface area contributed by atoms with Crippen molar-refractivity contribution >= 4 is 8.07 Å². The van der Waals surface area contributed by atoms with E-state index in [-0.39, 0.29) is 18.2 Å². The van der Waals surface area contributed by atoms with Crippen molar-refractivity contribution in [3.63, 3.8) is 0 Å². The summed E-state index contributed by atoms with van der Waals surface area (Å²) in [5.41, 5.74) is 2.53. The first-order valence-electron chi connectivity index (χ1n) is 14.1. The van der Waals surface area contributed by atoms with Crippen LogP contribution < -0.4 is 4.74 Å². The monoisotopic (exact) mass is 601 g/mol. The maximum absolute atomic E-state index is 14.3. The molecular formula is C34H34F3N3O2Si. The Hall–Kier alpha value is -4.21. The Morgan fingerprint density at radius 3 is 2.02 bits per heavy atom. The average Bonchev–Trinajstić information content (AvgIpc) is 3.39. The van der Waals surface area contributed by atoms with Gasteiger partial charge in [0, 0.05) is 37.6 Å². The molecule has 0 saturated heterocycles. The number of alkyl halides is 3. The van der Waals surface area contributed by atoms with E-state index in [4.69, 9.17) is 9.47 Å². The summed E-state index contributed by atoms with van der Waals surface area (Å²) in [4.78, 5) is 8.71. The summed E-state index contributed by atoms with van der Waals surface area (Å²) < 4.78 is 56.3. The van der Waals surface area contributed by atoms with Crippen LogP contribution >= 0.6 is 0 Å². The molecule has 0 unspecified atom stereocenters. The van der Waals surface area contributed by atoms with Crippen molar-refractivity contribution in [1.82, 2.24) is 14.5 Å². The highest BCUT2D eigenvalue weighted by molar-refractivity contribution is 6.76. The van der Waals surface area contributed by atoms with Gasteiger partial charge in [-0.3, -0.25) is 9.55 Å². The largest absolute Gasteiger partial charge is 0.489 e. The highest BCUT2D eigenvalue weighted by Gasteiger charge is 2.39. The van der Waals surface area contributed by atoms with Gasteiger partial charge in [-0.05, 0) is 48.0 Å². The third-order valence-electron chi connectivity index (χ3n) is 6.92. The van der Waals surface area contributed by atoms with Crippen molar-refractivity contribution in [3.05, 3.63) is 115 Å². The van der Waals surface area contributed by atoms with Crippen LogP contribution in [0.15, 0.2) is 103 Å². The molecule has 0 atom stereocenters. The van der Waals surface area contributed by atoms with Crippen molar-refractivity contribution in [3.8, 4) is 39.7 Å². The minimum absolute atomic E-state index is 0.0220. The quantitative estimate of drug-likeness (QED) is 0.112. The van der Waals surface area contributed by atoms with Crippen LogP contribution in [0.5, 0.6) is 5.75 Å². The number of hydrogen-bond donors (Lipinski definition) is 0. The minimum Gasteiger partial charge on any atom is -0.489 e. The van der Waals surface area contributed by atoms with Crippen LogP contribution in [-0.2, 0) is 24.3 Å². The molecule has 0 aliphatic carbocycles. The second kappa shape index (κ2) is 13.0. The number of hydrogen-bond acceptors (Lipinski definition) is 4. The van der Waals surface area contributed by atoms with Gasteiger partial charge < -0.3 is 9.47 Å². The van der Waals surface area contributed by atoms with Crippen molar-refractivity contribution in [2.24, 2.45) is 0 Å². The van der Waals surface area contributed by atoms with E-state index in [9.17, 15) is 13.2 Å². The van der Waals surface area contributed by atoms with Crippen LogP contribution in [0.4, 0.5) is 13.2 Å². The Bertz CT molecular complexity index is 1620. The molecule has 43 heavy (non-hydrogen) atoms. The molecule has 0 amide bonds. The third kappa shape index (κ3) is 7.80. The van der Waals surface area contributed by atoms with Crippen LogP contribution in [0.1, 0.15) is 11.3 Å². The second-order valence-corrected chi connectivity index (χ2v) is 17.1. The Kier molecular flexibility index (Phi) is 9.13. The van der Waals surface area contributed by atoms with E-state index < -0.39 is 19.9 Å². The fraction of sp³-hybridized carbons (Fsp3) is 0.235. The standard InChI is InChI=1S/C34H34F3N3O2Si/c1-43(2,3)21-20-41-24-40-31(27-12-8-5-9-13-27)32(34(35,36)37)39-33(40)28-16-19-30(38-22-28)26-14-17-29(18-15-26)42-23-25-10-6-4-7-11-25/h4-19,22H,20-21,23-24H2,1-3H3. The van der Waals surface area contributed by atoms with E-state index in [1.54, 1.807) is 48.7 Å². The lowest BCUT2D eigenvalue weighted by Gasteiger charge is -2.18. The van der Waals surface area contributed by atoms with Crippen molar-refractivity contribution < 1.29 is 22.6 Å². The molecule has 0 aliphatic heterocycles. The molecule has 222 valence electrons. The van der Waals surface area contributed by atoms with Crippen LogP contribution in [-0.4, -0.2) is 29.2 Å². The van der Waals surface area contributed by atoms with Crippen molar-refractivity contribution in [2.75, 3.05) is 6.61 Å². The number of aromatic nitrogens is 3. The summed E-state index contributed by atoms with van der Waals surface area (Å²) in [6.45, 7) is 7.56. The summed E-state index contributed by atoms with van der Waals surface area (Å²) in [5.74, 6) is 0.886. The molecule has 0 radical (unpaired) electrons. The predicted molar refractivity (Wildman–Crippen MR) is 166 cm³/mol. The zero-order valence-electron chi connectivity index (χ0n) is 24.4. The molecule has 2 aromatic heterocycles. The molecule has 2 heterocycles. The number of imidazole rings is 1. The number of ether oxygens (including phenoxy) is 2. The highest BCUT2D eigenvalue weighted by atomic mass is 28.3. The molecule has 5 rings (SSSR count). The lowest BCUT2D eigenvalue weighted by atomic mass is 10.1. The maximum atomic E-state index is 14.3. The molecule has 0 bridgehead atoms. The van der Waals surface area contributed by atoms with Gasteiger partial charge in [0.25, 0.3) is 0 Å². The van der Waals surface area contributed by atoms with Gasteiger partial charge in [-0.15, -0.1) is 0 Å². The third-order valence-corrected chi connectivity index (χ3v) is 8.62. The molecule has 0 aliphatic rings. The highest BCUT2D eigenvalue weighted by Crippen LogP contribution is 2.40. The number of rotatable bonds is 11. The summed E-state index contributed by atoms with van der Waals surface area (Å²) >= 11 is 0. The first kappa shape index (κ1) is 30.3. The molecule has 0 saturated carbocycles. The van der Waals surface area contributed by atoms with Crippen LogP contribution in [0, 0.1) is 0 Å². The molecule has 0 fully saturated rings. The summed E-state index contributed by atoms with van der Waals surface area (Å²) in [6, 6.07) is 30.4. The van der Waals surface area contributed by atoms with Gasteiger partial charge in [0.2, 0.25) is 0 Å². The molecule has 5 aromatic rings. The lowest BCUT2D eigenvalue weighted by Crippen LogP contribution is -2.22. The zero-order valence-corrected chi connectivity index (χ0v) is 25.4. The van der Waals surface area contributed by atoms with Gasteiger partial charge in [0.1, 0.15) is 24.9 Å². The van der Waals surface area contributed by atoms with Gasteiger partial charge in [0.15, 0.2) is 5.69 Å². The number of pyridine rings is 1. The van der Waals surface area contributed by atoms with E-state index in [0.29, 0.717) is 30.0 Å². The van der Waals surface area contributed by atoms with E-state index in [1.165, 1.54) is 4.57 Å². The summed E-state index contributed by atoms with van der Waals surface area (Å²) in [7, 11) is -1.39. The molecule has 0 N–H and O–H groups in total. The fourth-order valence-corrected chi connectivity index (χ4v) is 5.34. The SMILES string of the molecule is C[Si](C)(C)CCOCn1c(-c2ccc(-c3ccc(OCc4ccccc4)cc3)nc2)nc(C(F)(F)F)c1-c1ccccc1. The van der Waals surface area contributed by atoms with Gasteiger partial charge >= 0.3 is 6.18 Å². The van der Waals surface area contributed by atoms with E-state index >= 15 is 0 Å². The minimum atomic E-state index is -4.65. The van der Waals surface area contributed by atoms with Gasteiger partial charge in [0.05, 0.1) is 11.4 Å². The Balaban J connectivity index is 1.43. The Morgan fingerprint density at radius 2 is 1.42 bits per heavy atom. The normalized spacial score (nSPS) is 12.0. The molecule has 3 aromatic carbocycles. The molecule has 0 spiro atoms. The van der Waals surface area contributed by atoms with Gasteiger partial charge in [-0.25, -0.2) is 4.98 Å². The molecule has 9 heteroatoms. The van der Waals surface area contributed by atoms with Crippen molar-refractivity contribution in [2.45, 2.75) is 45.2 Å². The van der Waals surface area contributed by atoms with E-state index in [1.807, 2.05) is 54.6 Å². The van der Waals surface area contributed by atoms with Crippen LogP contribution in [0.3, 0.4) is 0 Å². The second-order valence-electron chi connectivity index (χ2n) is 11.5. The predicted octanol–water partition coefficient (Wildman–Crippen LogP) is 9.19. The Morgan fingerprint density at radius 1 is 0.767 bits per heavy atom. The first-order chi connectivity index (χ1) is 20.6. The van der Waals surface area contributed by atoms with Crippen LogP contribution in [0.25, 0.3) is 33.9 Å². The van der Waals surface area contributed by atoms with Crippen molar-refractivity contribution in [1.29, 1.82) is 0 Å². The summed E-state index contributed by atoms with van der Waals surface area (Å²) in [5, 5.41) is 0. The summed E-state index contributed by atoms with van der Waals surface area (Å²) in [6.07, 6.45) is -3.09. The number of nitrogens with zero attached hydrogens (tertiary/aromatic N) is 3. The molecule has 5 nitrogen and oxygen atoms in total. The maximum Gasteiger partial charge on any atom is 0.435 e. The van der Waals surface area contributed by atoms with Gasteiger partial charge in [-0.2, -0.15) is 13.2 Å². The Labute approximate surface area is 251 Å². The smallest absolute Gasteiger partial charge is 0.435 e. The van der Waals surface area contributed by atoms with Crippen LogP contribution in [0.2, 0.25) is 25.7 Å². The first-order valence-corrected chi connectivity index (χ1v) is 17.8. The number of benzene rings is 3. The van der Waals surface area contributed by atoms with Gasteiger partial charge in [-0.1, -0.05) is 80.3 Å². The topological polar surface area (TPSA) is 49.2 Å². The van der Waals surface area contributed by atoms with E-state index in [0.717, 1.165) is 22.9 Å². The average molecular weight is 602 g/mol. The molecular weight excluding hydrogens is 567 g/mol. The number of halogens is 3. The lowest BCUT2D eigenvalue weighted by molar-refractivity contribution is -0.140.